The molecule has 0 amide bonds. The van der Waals surface area contributed by atoms with Crippen molar-refractivity contribution in [2.24, 2.45) is 0 Å². The maximum atomic E-state index is 9.25. The van der Waals surface area contributed by atoms with Gasteiger partial charge in [0.1, 0.15) is 0 Å². The van der Waals surface area contributed by atoms with Gasteiger partial charge in [0, 0.05) is 6.08 Å². The predicted octanol–water partition coefficient (Wildman–Crippen LogP) is 3.96. The molecule has 0 saturated heterocycles. The summed E-state index contributed by atoms with van der Waals surface area (Å²) in [7, 11) is 0. The lowest BCUT2D eigenvalue weighted by Gasteiger charge is -1.95. The maximum absolute atomic E-state index is 9.25. The molecular formula is C13H22O2. The summed E-state index contributed by atoms with van der Waals surface area (Å²) in [5.41, 5.74) is 2.90. The van der Waals surface area contributed by atoms with E-state index < -0.39 is 5.97 Å². The molecule has 0 saturated carbocycles. The minimum absolute atomic E-state index is 0.833. The Hall–Kier alpha value is -1.31. The summed E-state index contributed by atoms with van der Waals surface area (Å²) in [6, 6.07) is 0. The van der Waals surface area contributed by atoms with Crippen molar-refractivity contribution < 1.29 is 9.90 Å². The van der Waals surface area contributed by atoms with Crippen molar-refractivity contribution in [1.82, 2.24) is 0 Å². The van der Waals surface area contributed by atoms with Gasteiger partial charge in [-0.1, -0.05) is 29.9 Å². The zero-order chi connectivity index (χ0) is 12.3. The molecule has 0 aliphatic rings. The van der Waals surface area contributed by atoms with Crippen molar-refractivity contribution in [3.05, 3.63) is 36.0 Å². The fourth-order valence-electron chi connectivity index (χ4n) is 0.733. The molecule has 0 bridgehead atoms. The molecule has 0 spiro atoms. The Kier molecular flexibility index (Phi) is 11.6. The fraction of sp³-hybridized carbons (Fsp3) is 0.462. The lowest BCUT2D eigenvalue weighted by atomic mass is 10.1. The molecule has 0 aromatic rings. The molecule has 2 nitrogen and oxygen atoms in total. The van der Waals surface area contributed by atoms with E-state index in [2.05, 4.69) is 46.4 Å². The largest absolute Gasteiger partial charge is 0.478 e. The molecule has 0 radical (unpaired) electrons. The number of carboxylic acid groups (broad SMARTS) is 1. The number of hydrogen-bond acceptors (Lipinski definition) is 1. The Bertz CT molecular complexity index is 243. The number of rotatable bonds is 4. The van der Waals surface area contributed by atoms with E-state index in [9.17, 15) is 4.79 Å². The third-order valence-corrected chi connectivity index (χ3v) is 1.76. The standard InChI is InChI=1S/C10H18.C3H4O2/c1-5-10(4)8-6-7-9(2)3;1-2-3(4)5/h5,7H,6,8H2,1-4H3;2H,1H2,(H,4,5). The molecule has 2 heteroatoms. The third-order valence-electron chi connectivity index (χ3n) is 1.76. The molecule has 0 aromatic heterocycles. The molecule has 86 valence electrons. The lowest BCUT2D eigenvalue weighted by Crippen LogP contribution is -1.82. The van der Waals surface area contributed by atoms with E-state index >= 15 is 0 Å². The predicted molar refractivity (Wildman–Crippen MR) is 65.9 cm³/mol. The number of allylic oxidation sites excluding steroid dienone is 4. The van der Waals surface area contributed by atoms with Crippen molar-refractivity contribution in [1.29, 1.82) is 0 Å². The van der Waals surface area contributed by atoms with E-state index in [0.29, 0.717) is 0 Å². The Morgan fingerprint density at radius 1 is 1.33 bits per heavy atom. The first-order valence-electron chi connectivity index (χ1n) is 5.04. The van der Waals surface area contributed by atoms with Crippen LogP contribution >= 0.6 is 0 Å². The summed E-state index contributed by atoms with van der Waals surface area (Å²) >= 11 is 0. The minimum Gasteiger partial charge on any atom is -0.478 e. The molecular weight excluding hydrogens is 188 g/mol. The second-order valence-electron chi connectivity index (χ2n) is 3.50. The van der Waals surface area contributed by atoms with Gasteiger partial charge >= 0.3 is 5.97 Å². The van der Waals surface area contributed by atoms with E-state index in [4.69, 9.17) is 5.11 Å². The van der Waals surface area contributed by atoms with Crippen LogP contribution in [0.25, 0.3) is 0 Å². The second kappa shape index (κ2) is 10.8. The van der Waals surface area contributed by atoms with E-state index in [1.165, 1.54) is 24.0 Å². The zero-order valence-electron chi connectivity index (χ0n) is 10.2. The zero-order valence-corrected chi connectivity index (χ0v) is 10.2. The summed E-state index contributed by atoms with van der Waals surface area (Å²) in [6.07, 6.45) is 7.70. The average molecular weight is 210 g/mol. The van der Waals surface area contributed by atoms with Gasteiger partial charge in [-0.05, 0) is 40.5 Å². The summed E-state index contributed by atoms with van der Waals surface area (Å²) in [5, 5.41) is 7.60. The maximum Gasteiger partial charge on any atom is 0.327 e. The fourth-order valence-corrected chi connectivity index (χ4v) is 0.733. The van der Waals surface area contributed by atoms with Crippen molar-refractivity contribution in [2.75, 3.05) is 0 Å². The monoisotopic (exact) mass is 210 g/mol. The van der Waals surface area contributed by atoms with Crippen molar-refractivity contribution in [2.45, 2.75) is 40.5 Å². The first-order valence-corrected chi connectivity index (χ1v) is 5.04. The van der Waals surface area contributed by atoms with Crippen molar-refractivity contribution >= 4 is 5.97 Å². The van der Waals surface area contributed by atoms with Crippen LogP contribution in [0.15, 0.2) is 36.0 Å². The van der Waals surface area contributed by atoms with Crippen LogP contribution in [-0.4, -0.2) is 11.1 Å². The molecule has 0 aromatic carbocycles. The SMILES string of the molecule is C=CC(=O)O.CC=C(C)CCC=C(C)C. The van der Waals surface area contributed by atoms with Gasteiger partial charge in [-0.3, -0.25) is 0 Å². The Balaban J connectivity index is 0. The number of carbonyl (C=O) groups is 1. The van der Waals surface area contributed by atoms with Crippen LogP contribution < -0.4 is 0 Å². The van der Waals surface area contributed by atoms with Gasteiger partial charge in [0.2, 0.25) is 0 Å². The van der Waals surface area contributed by atoms with Gasteiger partial charge in [0.05, 0.1) is 0 Å². The van der Waals surface area contributed by atoms with Gasteiger partial charge in [-0.25, -0.2) is 4.79 Å². The highest BCUT2D eigenvalue weighted by Crippen LogP contribution is 2.05. The molecule has 0 aliphatic carbocycles. The summed E-state index contributed by atoms with van der Waals surface area (Å²) in [4.78, 5) is 9.25. The highest BCUT2D eigenvalue weighted by molar-refractivity contribution is 5.78. The van der Waals surface area contributed by atoms with Gasteiger partial charge in [0.25, 0.3) is 0 Å². The molecule has 15 heavy (non-hydrogen) atoms. The normalized spacial score (nSPS) is 9.73. The smallest absolute Gasteiger partial charge is 0.327 e. The Labute approximate surface area is 93.0 Å². The number of aliphatic carboxylic acids is 1. The minimum atomic E-state index is -0.981. The van der Waals surface area contributed by atoms with E-state index in [1.54, 1.807) is 0 Å². The molecule has 0 heterocycles. The van der Waals surface area contributed by atoms with Gasteiger partial charge in [0.15, 0.2) is 0 Å². The van der Waals surface area contributed by atoms with Crippen molar-refractivity contribution in [3.8, 4) is 0 Å². The summed E-state index contributed by atoms with van der Waals surface area (Å²) in [6.45, 7) is 11.5. The summed E-state index contributed by atoms with van der Waals surface area (Å²) in [5.74, 6) is -0.981. The van der Waals surface area contributed by atoms with Crippen LogP contribution in [0.2, 0.25) is 0 Å². The van der Waals surface area contributed by atoms with Gasteiger partial charge in [-0.2, -0.15) is 0 Å². The lowest BCUT2D eigenvalue weighted by molar-refractivity contribution is -0.131. The molecule has 0 aliphatic heterocycles. The molecule has 0 atom stereocenters. The van der Waals surface area contributed by atoms with Crippen molar-refractivity contribution in [3.63, 3.8) is 0 Å². The van der Waals surface area contributed by atoms with E-state index in [-0.39, 0.29) is 0 Å². The molecule has 1 N–H and O–H groups in total. The van der Waals surface area contributed by atoms with Crippen LogP contribution in [-0.2, 0) is 4.79 Å². The molecule has 0 unspecified atom stereocenters. The number of carboxylic acids is 1. The number of hydrogen-bond donors (Lipinski definition) is 1. The first-order chi connectivity index (χ1) is 6.93. The molecule has 0 rings (SSSR count). The van der Waals surface area contributed by atoms with Gasteiger partial charge in [-0.15, -0.1) is 0 Å². The van der Waals surface area contributed by atoms with Crippen LogP contribution in [0, 0.1) is 0 Å². The topological polar surface area (TPSA) is 37.3 Å². The van der Waals surface area contributed by atoms with Crippen LogP contribution in [0.1, 0.15) is 40.5 Å². The third kappa shape index (κ3) is 19.2. The quantitative estimate of drug-likeness (QED) is 0.563. The van der Waals surface area contributed by atoms with E-state index in [0.717, 1.165) is 6.08 Å². The second-order valence-corrected chi connectivity index (χ2v) is 3.50. The first kappa shape index (κ1) is 16.1. The molecule has 0 fully saturated rings. The van der Waals surface area contributed by atoms with Crippen LogP contribution in [0.3, 0.4) is 0 Å². The highest BCUT2D eigenvalue weighted by atomic mass is 16.4. The average Bonchev–Trinajstić information content (AvgIpc) is 2.17. The highest BCUT2D eigenvalue weighted by Gasteiger charge is 1.84. The van der Waals surface area contributed by atoms with Crippen LogP contribution in [0.4, 0.5) is 0 Å². The summed E-state index contributed by atoms with van der Waals surface area (Å²) < 4.78 is 0. The van der Waals surface area contributed by atoms with Crippen LogP contribution in [0.5, 0.6) is 0 Å². The Morgan fingerprint density at radius 2 is 1.80 bits per heavy atom. The van der Waals surface area contributed by atoms with Gasteiger partial charge < -0.3 is 5.11 Å². The Morgan fingerprint density at radius 3 is 2.07 bits per heavy atom. The van der Waals surface area contributed by atoms with E-state index in [1.807, 2.05) is 0 Å².